The second-order valence-electron chi connectivity index (χ2n) is 7.57. The van der Waals surface area contributed by atoms with Gasteiger partial charge in [0.2, 0.25) is 0 Å². The van der Waals surface area contributed by atoms with Crippen LogP contribution in [0.5, 0.6) is 0 Å². The van der Waals surface area contributed by atoms with Gasteiger partial charge in [-0.1, -0.05) is 0 Å². The molecule has 0 spiro atoms. The van der Waals surface area contributed by atoms with Crippen molar-refractivity contribution in [3.8, 4) is 28.5 Å². The Balaban J connectivity index is 1.85. The van der Waals surface area contributed by atoms with Gasteiger partial charge >= 0.3 is 164 Å². The molecule has 3 aromatic heterocycles. The maximum atomic E-state index is 4.91. The van der Waals surface area contributed by atoms with Crippen LogP contribution >= 0.6 is 0 Å². The molecule has 0 aliphatic rings. The number of benzene rings is 1. The number of rotatable bonds is 4. The first kappa shape index (κ1) is 17.9. The number of pyridine rings is 2. The molecule has 0 N–H and O–H groups in total. The van der Waals surface area contributed by atoms with Gasteiger partial charge in [0.05, 0.1) is 0 Å². The number of nitrogens with zero attached hydrogens (tertiary/aromatic N) is 4. The fourth-order valence-corrected chi connectivity index (χ4v) is 6.36. The summed E-state index contributed by atoms with van der Waals surface area (Å²) in [7, 11) is 0. The van der Waals surface area contributed by atoms with Gasteiger partial charge in [0.15, 0.2) is 0 Å². The number of hydrogen-bond donors (Lipinski definition) is 0. The molecule has 27 heavy (non-hydrogen) atoms. The van der Waals surface area contributed by atoms with E-state index in [1.54, 1.807) is 12.4 Å². The Labute approximate surface area is 163 Å². The van der Waals surface area contributed by atoms with Gasteiger partial charge in [-0.25, -0.2) is 0 Å². The van der Waals surface area contributed by atoms with E-state index in [0.717, 1.165) is 28.5 Å². The molecular formula is C22H22N4Sn. The zero-order valence-electron chi connectivity index (χ0n) is 15.8. The van der Waals surface area contributed by atoms with E-state index >= 15 is 0 Å². The molecular weight excluding hydrogens is 439 g/mol. The molecule has 4 nitrogen and oxygen atoms in total. The van der Waals surface area contributed by atoms with Crippen molar-refractivity contribution in [1.82, 2.24) is 19.5 Å². The van der Waals surface area contributed by atoms with Crippen molar-refractivity contribution in [3.05, 3.63) is 79.4 Å². The van der Waals surface area contributed by atoms with Crippen molar-refractivity contribution in [2.45, 2.75) is 14.8 Å². The quantitative estimate of drug-likeness (QED) is 0.420. The molecule has 0 bridgehead atoms. The fourth-order valence-electron chi connectivity index (χ4n) is 3.03. The molecule has 0 fully saturated rings. The normalized spacial score (nSPS) is 11.5. The molecule has 1 aromatic carbocycles. The van der Waals surface area contributed by atoms with E-state index in [2.05, 4.69) is 53.6 Å². The molecule has 4 aromatic rings. The van der Waals surface area contributed by atoms with Crippen molar-refractivity contribution >= 4 is 22.0 Å². The molecule has 0 aliphatic carbocycles. The fraction of sp³-hybridized carbons (Fsp3) is 0.136. The van der Waals surface area contributed by atoms with Gasteiger partial charge in [-0.05, 0) is 0 Å². The van der Waals surface area contributed by atoms with Crippen LogP contribution in [0.3, 0.4) is 0 Å². The summed E-state index contributed by atoms with van der Waals surface area (Å²) >= 11 is -2.07. The van der Waals surface area contributed by atoms with Crippen LogP contribution in [0.25, 0.3) is 28.5 Å². The molecule has 0 amide bonds. The molecule has 0 aliphatic heterocycles. The zero-order valence-corrected chi connectivity index (χ0v) is 18.6. The van der Waals surface area contributed by atoms with Crippen LogP contribution < -0.4 is 3.58 Å². The van der Waals surface area contributed by atoms with Gasteiger partial charge < -0.3 is 0 Å². The summed E-state index contributed by atoms with van der Waals surface area (Å²) in [6, 6.07) is 18.8. The second kappa shape index (κ2) is 7.27. The summed E-state index contributed by atoms with van der Waals surface area (Å²) in [5.41, 5.74) is 3.80. The van der Waals surface area contributed by atoms with E-state index in [4.69, 9.17) is 4.98 Å². The van der Waals surface area contributed by atoms with E-state index in [0.29, 0.717) is 0 Å². The molecule has 0 saturated carbocycles. The first-order valence-corrected chi connectivity index (χ1v) is 19.0. The van der Waals surface area contributed by atoms with E-state index in [9.17, 15) is 0 Å². The predicted octanol–water partition coefficient (Wildman–Crippen LogP) is 4.54. The van der Waals surface area contributed by atoms with Gasteiger partial charge in [-0.15, -0.1) is 0 Å². The van der Waals surface area contributed by atoms with Crippen LogP contribution in [0.1, 0.15) is 0 Å². The van der Waals surface area contributed by atoms with Crippen LogP contribution in [0.4, 0.5) is 0 Å². The standard InChI is InChI=1S/C19H13N4.3CH3.Sn/c1-2-7-15(8-3-1)19-22-18(17-10-4-5-12-21-17)14-23(19)16-9-6-11-20-13-16;;;;/h2-14H;3*1H3;. The van der Waals surface area contributed by atoms with Gasteiger partial charge in [0, 0.05) is 0 Å². The molecule has 0 saturated heterocycles. The summed E-state index contributed by atoms with van der Waals surface area (Å²) in [5.74, 6) is 0.902. The van der Waals surface area contributed by atoms with Crippen molar-refractivity contribution in [2.75, 3.05) is 0 Å². The van der Waals surface area contributed by atoms with Gasteiger partial charge in [-0.2, -0.15) is 0 Å². The molecule has 134 valence electrons. The topological polar surface area (TPSA) is 43.6 Å². The van der Waals surface area contributed by atoms with E-state index in [-0.39, 0.29) is 0 Å². The van der Waals surface area contributed by atoms with Gasteiger partial charge in [0.1, 0.15) is 0 Å². The van der Waals surface area contributed by atoms with E-state index in [1.165, 1.54) is 3.58 Å². The minimum absolute atomic E-state index is 0.855. The Bertz CT molecular complexity index is 1030. The van der Waals surface area contributed by atoms with Crippen LogP contribution in [-0.2, 0) is 0 Å². The van der Waals surface area contributed by atoms with Gasteiger partial charge in [-0.3, -0.25) is 0 Å². The molecule has 0 atom stereocenters. The van der Waals surface area contributed by atoms with E-state index in [1.807, 2.05) is 42.7 Å². The second-order valence-corrected chi connectivity index (χ2v) is 22.1. The number of imidazole rings is 1. The van der Waals surface area contributed by atoms with Crippen LogP contribution in [0.15, 0.2) is 79.4 Å². The SMILES string of the molecule is [CH3][Sn]([CH3])([CH3])[c]1ccc(-c2nc(-c3ccccn3)cn2-c2cccnc2)cc1. The summed E-state index contributed by atoms with van der Waals surface area (Å²) in [4.78, 5) is 20.9. The zero-order chi connectivity index (χ0) is 18.9. The third-order valence-electron chi connectivity index (χ3n) is 4.57. The predicted molar refractivity (Wildman–Crippen MR) is 113 cm³/mol. The Morgan fingerprint density at radius 3 is 2.26 bits per heavy atom. The number of aromatic nitrogens is 4. The average molecular weight is 461 g/mol. The molecule has 0 radical (unpaired) electrons. The monoisotopic (exact) mass is 462 g/mol. The third kappa shape index (κ3) is 3.81. The van der Waals surface area contributed by atoms with Crippen molar-refractivity contribution in [1.29, 1.82) is 0 Å². The first-order chi connectivity index (χ1) is 13.0. The summed E-state index contributed by atoms with van der Waals surface area (Å²) in [6.45, 7) is 0. The molecule has 3 heterocycles. The summed E-state index contributed by atoms with van der Waals surface area (Å²) < 4.78 is 3.60. The van der Waals surface area contributed by atoms with E-state index < -0.39 is 18.4 Å². The molecule has 0 unspecified atom stereocenters. The van der Waals surface area contributed by atoms with Crippen LogP contribution in [0.2, 0.25) is 14.8 Å². The Hall–Kier alpha value is -2.47. The van der Waals surface area contributed by atoms with Crippen molar-refractivity contribution in [2.24, 2.45) is 0 Å². The first-order valence-electron chi connectivity index (χ1n) is 9.04. The van der Waals surface area contributed by atoms with Crippen LogP contribution in [-0.4, -0.2) is 37.9 Å². The van der Waals surface area contributed by atoms with Gasteiger partial charge in [0.25, 0.3) is 0 Å². The summed E-state index contributed by atoms with van der Waals surface area (Å²) in [5, 5.41) is 0. The minimum atomic E-state index is -2.07. The van der Waals surface area contributed by atoms with Crippen molar-refractivity contribution in [3.63, 3.8) is 0 Å². The van der Waals surface area contributed by atoms with Crippen LogP contribution in [0, 0.1) is 0 Å². The number of hydrogen-bond acceptors (Lipinski definition) is 3. The Morgan fingerprint density at radius 2 is 1.63 bits per heavy atom. The maximum absolute atomic E-state index is 4.91. The van der Waals surface area contributed by atoms with Crippen molar-refractivity contribution < 1.29 is 0 Å². The molecule has 5 heteroatoms. The average Bonchev–Trinajstić information content (AvgIpc) is 3.14. The molecule has 4 rings (SSSR count). The Morgan fingerprint density at radius 1 is 0.815 bits per heavy atom. The Kier molecular flexibility index (Phi) is 4.82. The summed E-state index contributed by atoms with van der Waals surface area (Å²) in [6.07, 6.45) is 7.47. The third-order valence-corrected chi connectivity index (χ3v) is 10.5.